The van der Waals surface area contributed by atoms with Crippen LogP contribution in [-0.2, 0) is 4.79 Å². The molecule has 0 atom stereocenters. The van der Waals surface area contributed by atoms with E-state index in [2.05, 4.69) is 26.6 Å². The number of amides is 1. The van der Waals surface area contributed by atoms with Crippen molar-refractivity contribution in [3.63, 3.8) is 0 Å². The second-order valence-electron chi connectivity index (χ2n) is 4.61. The first-order chi connectivity index (χ1) is 8.65. The molecule has 1 aliphatic rings. The molecule has 1 aromatic carbocycles. The highest BCUT2D eigenvalue weighted by molar-refractivity contribution is 9.10. The summed E-state index contributed by atoms with van der Waals surface area (Å²) >= 11 is 3.31. The Bertz CT molecular complexity index is 437. The highest BCUT2D eigenvalue weighted by Crippen LogP contribution is 2.27. The Kier molecular flexibility index (Phi) is 6.62. The van der Waals surface area contributed by atoms with Gasteiger partial charge in [0, 0.05) is 10.9 Å². The van der Waals surface area contributed by atoms with Gasteiger partial charge in [-0.15, -0.1) is 12.4 Å². The van der Waals surface area contributed by atoms with Crippen LogP contribution in [0.3, 0.4) is 0 Å². The molecule has 1 fully saturated rings. The van der Waals surface area contributed by atoms with Gasteiger partial charge in [0.1, 0.15) is 5.75 Å². The number of hydrogen-bond donors (Lipinski definition) is 3. The minimum absolute atomic E-state index is 0. The summed E-state index contributed by atoms with van der Waals surface area (Å²) in [4.78, 5) is 11.9. The quantitative estimate of drug-likeness (QED) is 0.735. The normalized spacial score (nSPS) is 15.6. The first-order valence-electron chi connectivity index (χ1n) is 6.14. The standard InChI is InChI=1S/C13H17BrN2O2.ClH/c14-10-1-2-12(17)11(8-10)16-13(18)7-9-3-5-15-6-4-9;/h1-2,8-9,15,17H,3-7H2,(H,16,18);1H. The lowest BCUT2D eigenvalue weighted by molar-refractivity contribution is -0.117. The van der Waals surface area contributed by atoms with Gasteiger partial charge in [0.2, 0.25) is 5.91 Å². The van der Waals surface area contributed by atoms with E-state index in [4.69, 9.17) is 0 Å². The molecule has 2 rings (SSSR count). The first kappa shape index (κ1) is 16.3. The van der Waals surface area contributed by atoms with Crippen molar-refractivity contribution in [3.05, 3.63) is 22.7 Å². The second kappa shape index (κ2) is 7.72. The van der Waals surface area contributed by atoms with Crippen LogP contribution in [0, 0.1) is 5.92 Å². The number of hydrogen-bond acceptors (Lipinski definition) is 3. The molecule has 0 bridgehead atoms. The van der Waals surface area contributed by atoms with Gasteiger partial charge in [-0.1, -0.05) is 15.9 Å². The third kappa shape index (κ3) is 5.01. The lowest BCUT2D eigenvalue weighted by atomic mass is 9.94. The van der Waals surface area contributed by atoms with E-state index < -0.39 is 0 Å². The fraction of sp³-hybridized carbons (Fsp3) is 0.462. The van der Waals surface area contributed by atoms with Crippen LogP contribution >= 0.6 is 28.3 Å². The van der Waals surface area contributed by atoms with Gasteiger partial charge >= 0.3 is 0 Å². The van der Waals surface area contributed by atoms with Crippen molar-refractivity contribution >= 4 is 39.9 Å². The molecule has 0 saturated carbocycles. The fourth-order valence-electron chi connectivity index (χ4n) is 2.16. The van der Waals surface area contributed by atoms with Gasteiger partial charge in [0.25, 0.3) is 0 Å². The zero-order chi connectivity index (χ0) is 13.0. The first-order valence-corrected chi connectivity index (χ1v) is 6.93. The highest BCUT2D eigenvalue weighted by Gasteiger charge is 2.17. The summed E-state index contributed by atoms with van der Waals surface area (Å²) in [5, 5.41) is 15.7. The summed E-state index contributed by atoms with van der Waals surface area (Å²) in [7, 11) is 0. The summed E-state index contributed by atoms with van der Waals surface area (Å²) in [5.74, 6) is 0.507. The van der Waals surface area contributed by atoms with E-state index in [0.717, 1.165) is 30.4 Å². The van der Waals surface area contributed by atoms with E-state index in [1.54, 1.807) is 18.2 Å². The number of aromatic hydroxyl groups is 1. The number of anilines is 1. The van der Waals surface area contributed by atoms with Gasteiger partial charge in [-0.2, -0.15) is 0 Å². The number of phenols is 1. The average molecular weight is 350 g/mol. The SMILES string of the molecule is Cl.O=C(CC1CCNCC1)Nc1cc(Br)ccc1O. The number of halogens is 2. The van der Waals surface area contributed by atoms with Crippen molar-refractivity contribution < 1.29 is 9.90 Å². The molecule has 1 aromatic rings. The lowest BCUT2D eigenvalue weighted by Gasteiger charge is -2.22. The number of benzene rings is 1. The average Bonchev–Trinajstić information content (AvgIpc) is 2.35. The molecule has 0 aromatic heterocycles. The molecule has 4 nitrogen and oxygen atoms in total. The molecule has 1 amide bonds. The van der Waals surface area contributed by atoms with E-state index >= 15 is 0 Å². The summed E-state index contributed by atoms with van der Waals surface area (Å²) in [6, 6.07) is 5.00. The summed E-state index contributed by atoms with van der Waals surface area (Å²) < 4.78 is 0.831. The second-order valence-corrected chi connectivity index (χ2v) is 5.52. The Labute approximate surface area is 127 Å². The van der Waals surface area contributed by atoms with Gasteiger partial charge < -0.3 is 15.7 Å². The lowest BCUT2D eigenvalue weighted by Crippen LogP contribution is -2.30. The predicted octanol–water partition coefficient (Wildman–Crippen LogP) is 2.90. The molecule has 0 radical (unpaired) electrons. The zero-order valence-corrected chi connectivity index (χ0v) is 12.9. The number of phenolic OH excluding ortho intramolecular Hbond substituents is 1. The molecule has 1 saturated heterocycles. The summed E-state index contributed by atoms with van der Waals surface area (Å²) in [5.41, 5.74) is 0.461. The molecular formula is C13H18BrClN2O2. The monoisotopic (exact) mass is 348 g/mol. The molecule has 106 valence electrons. The number of piperidine rings is 1. The third-order valence-electron chi connectivity index (χ3n) is 3.17. The fourth-order valence-corrected chi connectivity index (χ4v) is 2.52. The number of nitrogens with one attached hydrogen (secondary N) is 2. The molecule has 3 N–H and O–H groups in total. The van der Waals surface area contributed by atoms with E-state index in [9.17, 15) is 9.90 Å². The van der Waals surface area contributed by atoms with Crippen molar-refractivity contribution in [2.75, 3.05) is 18.4 Å². The van der Waals surface area contributed by atoms with Crippen LogP contribution in [0.2, 0.25) is 0 Å². The van der Waals surface area contributed by atoms with Crippen molar-refractivity contribution in [1.82, 2.24) is 5.32 Å². The van der Waals surface area contributed by atoms with Crippen molar-refractivity contribution in [2.45, 2.75) is 19.3 Å². The Morgan fingerprint density at radius 3 is 2.79 bits per heavy atom. The predicted molar refractivity (Wildman–Crippen MR) is 81.9 cm³/mol. The Hall–Kier alpha value is -0.780. The molecule has 0 aliphatic carbocycles. The van der Waals surface area contributed by atoms with Crippen LogP contribution in [0.5, 0.6) is 5.75 Å². The molecule has 1 heterocycles. The topological polar surface area (TPSA) is 61.4 Å². The van der Waals surface area contributed by atoms with E-state index in [1.165, 1.54) is 0 Å². The maximum Gasteiger partial charge on any atom is 0.224 e. The largest absolute Gasteiger partial charge is 0.506 e. The smallest absolute Gasteiger partial charge is 0.224 e. The Morgan fingerprint density at radius 2 is 2.11 bits per heavy atom. The minimum Gasteiger partial charge on any atom is -0.506 e. The zero-order valence-electron chi connectivity index (χ0n) is 10.5. The highest BCUT2D eigenvalue weighted by atomic mass is 79.9. The molecule has 6 heteroatoms. The van der Waals surface area contributed by atoms with E-state index in [-0.39, 0.29) is 24.1 Å². The van der Waals surface area contributed by atoms with Crippen molar-refractivity contribution in [3.8, 4) is 5.75 Å². The van der Waals surface area contributed by atoms with E-state index in [1.807, 2.05) is 0 Å². The van der Waals surface area contributed by atoms with Gasteiger partial charge in [0.15, 0.2) is 0 Å². The molecule has 19 heavy (non-hydrogen) atoms. The molecular weight excluding hydrogens is 332 g/mol. The van der Waals surface area contributed by atoms with Gasteiger partial charge in [-0.25, -0.2) is 0 Å². The summed E-state index contributed by atoms with van der Waals surface area (Å²) in [6.45, 7) is 1.97. The van der Waals surface area contributed by atoms with Crippen LogP contribution in [0.1, 0.15) is 19.3 Å². The molecule has 1 aliphatic heterocycles. The molecule has 0 unspecified atom stereocenters. The number of carbonyl (C=O) groups is 1. The van der Waals surface area contributed by atoms with Gasteiger partial charge in [-0.3, -0.25) is 4.79 Å². The Morgan fingerprint density at radius 1 is 1.42 bits per heavy atom. The van der Waals surface area contributed by atoms with Crippen LogP contribution in [0.4, 0.5) is 5.69 Å². The van der Waals surface area contributed by atoms with Crippen molar-refractivity contribution in [2.24, 2.45) is 5.92 Å². The van der Waals surface area contributed by atoms with Crippen LogP contribution in [-0.4, -0.2) is 24.1 Å². The maximum absolute atomic E-state index is 11.9. The van der Waals surface area contributed by atoms with E-state index in [0.29, 0.717) is 18.0 Å². The maximum atomic E-state index is 11.9. The minimum atomic E-state index is -0.0321. The summed E-state index contributed by atoms with van der Waals surface area (Å²) in [6.07, 6.45) is 2.60. The van der Waals surface area contributed by atoms with Gasteiger partial charge in [0.05, 0.1) is 5.69 Å². The van der Waals surface area contributed by atoms with Crippen LogP contribution in [0.25, 0.3) is 0 Å². The van der Waals surface area contributed by atoms with Crippen molar-refractivity contribution in [1.29, 1.82) is 0 Å². The molecule has 0 spiro atoms. The number of rotatable bonds is 3. The van der Waals surface area contributed by atoms with Crippen LogP contribution < -0.4 is 10.6 Å². The van der Waals surface area contributed by atoms with Crippen LogP contribution in [0.15, 0.2) is 22.7 Å². The van der Waals surface area contributed by atoms with Gasteiger partial charge in [-0.05, 0) is 50.0 Å². The number of carbonyl (C=O) groups excluding carboxylic acids is 1. The third-order valence-corrected chi connectivity index (χ3v) is 3.66. The Balaban J connectivity index is 0.00000180.